The molecule has 0 saturated carbocycles. The molecule has 0 bridgehead atoms. The van der Waals surface area contributed by atoms with Crippen molar-refractivity contribution < 1.29 is 9.72 Å². The molecule has 17 heavy (non-hydrogen) atoms. The Bertz CT molecular complexity index is 434. The van der Waals surface area contributed by atoms with E-state index in [0.29, 0.717) is 11.4 Å². The molecule has 1 aromatic rings. The fraction of sp³-hybridized carbons (Fsp3) is 0.300. The molecule has 92 valence electrons. The number of carbonyl (C=O) groups is 1. The van der Waals surface area contributed by atoms with E-state index in [2.05, 4.69) is 16.0 Å². The van der Waals surface area contributed by atoms with Gasteiger partial charge < -0.3 is 16.0 Å². The zero-order valence-electron chi connectivity index (χ0n) is 9.61. The van der Waals surface area contributed by atoms with Gasteiger partial charge in [-0.15, -0.1) is 0 Å². The number of nitrogens with zero attached hydrogens (tertiary/aromatic N) is 1. The molecular formula is C10H14N4O3. The third-order valence-corrected chi connectivity index (χ3v) is 2.21. The molecule has 0 aliphatic carbocycles. The quantitative estimate of drug-likeness (QED) is 0.520. The zero-order chi connectivity index (χ0) is 12.8. The van der Waals surface area contributed by atoms with Crippen molar-refractivity contribution >= 4 is 23.0 Å². The van der Waals surface area contributed by atoms with Crippen molar-refractivity contribution in [2.24, 2.45) is 0 Å². The molecule has 0 heterocycles. The summed E-state index contributed by atoms with van der Waals surface area (Å²) in [6, 6.07) is 4.83. The summed E-state index contributed by atoms with van der Waals surface area (Å²) in [5, 5.41) is 18.8. The van der Waals surface area contributed by atoms with Crippen LogP contribution in [0.15, 0.2) is 18.2 Å². The lowest BCUT2D eigenvalue weighted by atomic mass is 10.2. The van der Waals surface area contributed by atoms with Crippen LogP contribution >= 0.6 is 0 Å². The molecule has 0 aliphatic heterocycles. The van der Waals surface area contributed by atoms with Crippen molar-refractivity contribution in [3.63, 3.8) is 0 Å². The first-order valence-electron chi connectivity index (χ1n) is 4.99. The Kier molecular flexibility index (Phi) is 4.27. The van der Waals surface area contributed by atoms with E-state index >= 15 is 0 Å². The van der Waals surface area contributed by atoms with Crippen molar-refractivity contribution in [1.29, 1.82) is 0 Å². The number of nitro benzene ring substituents is 1. The fourth-order valence-corrected chi connectivity index (χ4v) is 1.35. The Morgan fingerprint density at radius 2 is 2.00 bits per heavy atom. The number of rotatable bonds is 5. The molecule has 1 amide bonds. The molecule has 0 atom stereocenters. The van der Waals surface area contributed by atoms with E-state index in [1.54, 1.807) is 25.2 Å². The predicted octanol–water partition coefficient (Wildman–Crippen LogP) is 0.794. The third kappa shape index (κ3) is 3.07. The maximum atomic E-state index is 11.1. The molecule has 0 aromatic heterocycles. The topological polar surface area (TPSA) is 96.3 Å². The number of para-hydroxylation sites is 1. The van der Waals surface area contributed by atoms with Crippen molar-refractivity contribution in [2.45, 2.75) is 0 Å². The molecule has 0 aliphatic rings. The van der Waals surface area contributed by atoms with Crippen LogP contribution in [0.25, 0.3) is 0 Å². The Hall–Kier alpha value is -2.31. The maximum Gasteiger partial charge on any atom is 0.315 e. The Morgan fingerprint density at radius 3 is 2.53 bits per heavy atom. The molecule has 7 nitrogen and oxygen atoms in total. The first-order chi connectivity index (χ1) is 8.10. The van der Waals surface area contributed by atoms with Gasteiger partial charge in [-0.25, -0.2) is 0 Å². The zero-order valence-corrected chi connectivity index (χ0v) is 9.61. The molecule has 1 aromatic carbocycles. The van der Waals surface area contributed by atoms with Gasteiger partial charge in [-0.05, 0) is 12.1 Å². The van der Waals surface area contributed by atoms with Gasteiger partial charge in [-0.3, -0.25) is 14.9 Å². The van der Waals surface area contributed by atoms with E-state index in [9.17, 15) is 14.9 Å². The number of anilines is 2. The van der Waals surface area contributed by atoms with E-state index in [4.69, 9.17) is 0 Å². The highest BCUT2D eigenvalue weighted by molar-refractivity contribution is 5.83. The number of carbonyl (C=O) groups excluding carboxylic acids is 1. The lowest BCUT2D eigenvalue weighted by Gasteiger charge is -2.09. The standard InChI is InChI=1S/C10H14N4O3/c1-11-7-4-3-5-8(10(7)14(16)17)13-6-9(15)12-2/h3-5,11,13H,6H2,1-2H3,(H,12,15). The maximum absolute atomic E-state index is 11.1. The molecule has 3 N–H and O–H groups in total. The van der Waals surface area contributed by atoms with Crippen molar-refractivity contribution in [3.05, 3.63) is 28.3 Å². The summed E-state index contributed by atoms with van der Waals surface area (Å²) in [6.07, 6.45) is 0. The molecule has 1 rings (SSSR count). The molecular weight excluding hydrogens is 224 g/mol. The van der Waals surface area contributed by atoms with Gasteiger partial charge in [0.15, 0.2) is 0 Å². The van der Waals surface area contributed by atoms with Crippen LogP contribution < -0.4 is 16.0 Å². The van der Waals surface area contributed by atoms with Crippen LogP contribution in [0, 0.1) is 10.1 Å². The summed E-state index contributed by atoms with van der Waals surface area (Å²) < 4.78 is 0. The number of nitrogens with one attached hydrogen (secondary N) is 3. The van der Waals surface area contributed by atoms with Gasteiger partial charge in [0.1, 0.15) is 11.4 Å². The van der Waals surface area contributed by atoms with Gasteiger partial charge in [0.2, 0.25) is 5.91 Å². The first-order valence-corrected chi connectivity index (χ1v) is 4.99. The smallest absolute Gasteiger partial charge is 0.315 e. The van der Waals surface area contributed by atoms with Crippen LogP contribution in [0.4, 0.5) is 17.1 Å². The van der Waals surface area contributed by atoms with E-state index in [1.807, 2.05) is 0 Å². The number of benzene rings is 1. The van der Waals surface area contributed by atoms with E-state index in [1.165, 1.54) is 7.05 Å². The highest BCUT2D eigenvalue weighted by atomic mass is 16.6. The number of hydrogen-bond donors (Lipinski definition) is 3. The number of hydrogen-bond acceptors (Lipinski definition) is 5. The average Bonchev–Trinajstić information content (AvgIpc) is 2.34. The summed E-state index contributed by atoms with van der Waals surface area (Å²) in [4.78, 5) is 21.5. The summed E-state index contributed by atoms with van der Waals surface area (Å²) >= 11 is 0. The van der Waals surface area contributed by atoms with Crippen LogP contribution in [-0.2, 0) is 4.79 Å². The van der Waals surface area contributed by atoms with E-state index in [-0.39, 0.29) is 18.1 Å². The van der Waals surface area contributed by atoms with Crippen LogP contribution in [0.3, 0.4) is 0 Å². The SMILES string of the molecule is CNC(=O)CNc1cccc(NC)c1[N+](=O)[O-]. The minimum absolute atomic E-state index is 0.00942. The van der Waals surface area contributed by atoms with Crippen LogP contribution in [0.5, 0.6) is 0 Å². The second kappa shape index (κ2) is 5.69. The predicted molar refractivity (Wildman–Crippen MR) is 65.2 cm³/mol. The van der Waals surface area contributed by atoms with Crippen LogP contribution in [0.1, 0.15) is 0 Å². The molecule has 0 fully saturated rings. The molecule has 0 unspecified atom stereocenters. The van der Waals surface area contributed by atoms with Crippen molar-refractivity contribution in [3.8, 4) is 0 Å². The number of likely N-dealkylation sites (N-methyl/N-ethyl adjacent to an activating group) is 1. The lowest BCUT2D eigenvalue weighted by molar-refractivity contribution is -0.383. The third-order valence-electron chi connectivity index (χ3n) is 2.21. The molecule has 0 spiro atoms. The summed E-state index contributed by atoms with van der Waals surface area (Å²) in [5.41, 5.74) is 0.640. The number of amides is 1. The summed E-state index contributed by atoms with van der Waals surface area (Å²) in [6.45, 7) is -0.00942. The molecule has 7 heteroatoms. The van der Waals surface area contributed by atoms with Gasteiger partial charge in [-0.2, -0.15) is 0 Å². The summed E-state index contributed by atoms with van der Waals surface area (Å²) in [7, 11) is 3.10. The second-order valence-corrected chi connectivity index (χ2v) is 3.24. The van der Waals surface area contributed by atoms with Crippen molar-refractivity contribution in [1.82, 2.24) is 5.32 Å². The average molecular weight is 238 g/mol. The minimum atomic E-state index is -0.488. The van der Waals surface area contributed by atoms with Crippen LogP contribution in [-0.4, -0.2) is 31.5 Å². The van der Waals surface area contributed by atoms with Gasteiger partial charge in [0.05, 0.1) is 11.5 Å². The van der Waals surface area contributed by atoms with Crippen molar-refractivity contribution in [2.75, 3.05) is 31.3 Å². The number of nitro groups is 1. The minimum Gasteiger partial charge on any atom is -0.382 e. The monoisotopic (exact) mass is 238 g/mol. The molecule has 0 radical (unpaired) electrons. The summed E-state index contributed by atoms with van der Waals surface area (Å²) in [5.74, 6) is -0.242. The lowest BCUT2D eigenvalue weighted by Crippen LogP contribution is -2.26. The van der Waals surface area contributed by atoms with Crippen LogP contribution in [0.2, 0.25) is 0 Å². The Morgan fingerprint density at radius 1 is 1.35 bits per heavy atom. The van der Waals surface area contributed by atoms with Gasteiger partial charge in [0.25, 0.3) is 0 Å². The normalized spacial score (nSPS) is 9.53. The van der Waals surface area contributed by atoms with E-state index in [0.717, 1.165) is 0 Å². The highest BCUT2D eigenvalue weighted by Crippen LogP contribution is 2.32. The fourth-order valence-electron chi connectivity index (χ4n) is 1.35. The van der Waals surface area contributed by atoms with Gasteiger partial charge >= 0.3 is 5.69 Å². The van der Waals surface area contributed by atoms with Gasteiger partial charge in [-0.1, -0.05) is 6.07 Å². The Labute approximate surface area is 98.4 Å². The Balaban J connectivity index is 2.98. The second-order valence-electron chi connectivity index (χ2n) is 3.24. The van der Waals surface area contributed by atoms with E-state index < -0.39 is 4.92 Å². The highest BCUT2D eigenvalue weighted by Gasteiger charge is 2.18. The van der Waals surface area contributed by atoms with Gasteiger partial charge in [0, 0.05) is 14.1 Å². The largest absolute Gasteiger partial charge is 0.382 e. The molecule has 0 saturated heterocycles. The first kappa shape index (κ1) is 12.8.